The van der Waals surface area contributed by atoms with E-state index >= 15 is 0 Å². The van der Waals surface area contributed by atoms with Crippen molar-refractivity contribution in [3.8, 4) is 0 Å². The Labute approximate surface area is 101 Å². The molecule has 3 unspecified atom stereocenters. The summed E-state index contributed by atoms with van der Waals surface area (Å²) in [4.78, 5) is 14.2. The van der Waals surface area contributed by atoms with Gasteiger partial charge < -0.3 is 4.90 Å². The summed E-state index contributed by atoms with van der Waals surface area (Å²) in [6.45, 7) is 14.6. The van der Waals surface area contributed by atoms with Crippen molar-refractivity contribution >= 4 is 5.91 Å². The number of carbonyl (C=O) groups excluding carboxylic acids is 1. The standard InChI is InChI=1S/C12H23NO.C2H6/c1-8(2)11(5)12(14)13-9(3)6-7-10(13)4;1-2/h8-11H,6-7H2,1-5H3;1-2H3. The summed E-state index contributed by atoms with van der Waals surface area (Å²) in [7, 11) is 0. The van der Waals surface area contributed by atoms with Gasteiger partial charge in [0, 0.05) is 18.0 Å². The Balaban J connectivity index is 0.00000106. The van der Waals surface area contributed by atoms with Crippen molar-refractivity contribution in [1.82, 2.24) is 4.90 Å². The molecule has 0 saturated carbocycles. The first-order chi connectivity index (χ1) is 7.45. The second-order valence-electron chi connectivity index (χ2n) is 5.05. The normalized spacial score (nSPS) is 26.4. The minimum absolute atomic E-state index is 0.165. The summed E-state index contributed by atoms with van der Waals surface area (Å²) in [6, 6.07) is 0.886. The van der Waals surface area contributed by atoms with Crippen LogP contribution in [-0.2, 0) is 4.79 Å². The van der Waals surface area contributed by atoms with E-state index in [1.165, 1.54) is 0 Å². The number of hydrogen-bond acceptors (Lipinski definition) is 1. The summed E-state index contributed by atoms with van der Waals surface area (Å²) in [5, 5.41) is 0. The molecule has 16 heavy (non-hydrogen) atoms. The predicted molar refractivity (Wildman–Crippen MR) is 70.4 cm³/mol. The Morgan fingerprint density at radius 2 is 1.44 bits per heavy atom. The topological polar surface area (TPSA) is 20.3 Å². The van der Waals surface area contributed by atoms with Crippen molar-refractivity contribution in [2.75, 3.05) is 0 Å². The third-order valence-electron chi connectivity index (χ3n) is 3.60. The summed E-state index contributed by atoms with van der Waals surface area (Å²) in [5.41, 5.74) is 0. The predicted octanol–water partition coefficient (Wildman–Crippen LogP) is 3.70. The zero-order chi connectivity index (χ0) is 12.9. The molecule has 0 bridgehead atoms. The Kier molecular flexibility index (Phi) is 6.70. The van der Waals surface area contributed by atoms with Gasteiger partial charge in [-0.1, -0.05) is 34.6 Å². The van der Waals surface area contributed by atoms with Crippen molar-refractivity contribution in [2.45, 2.75) is 73.4 Å². The number of amides is 1. The van der Waals surface area contributed by atoms with Gasteiger partial charge >= 0.3 is 0 Å². The van der Waals surface area contributed by atoms with E-state index in [-0.39, 0.29) is 5.92 Å². The van der Waals surface area contributed by atoms with Gasteiger partial charge in [-0.3, -0.25) is 4.79 Å². The van der Waals surface area contributed by atoms with E-state index in [4.69, 9.17) is 0 Å². The molecule has 2 heteroatoms. The molecule has 0 aliphatic carbocycles. The lowest BCUT2D eigenvalue weighted by Gasteiger charge is -2.30. The molecule has 0 radical (unpaired) electrons. The summed E-state index contributed by atoms with van der Waals surface area (Å²) >= 11 is 0. The highest BCUT2D eigenvalue weighted by atomic mass is 16.2. The van der Waals surface area contributed by atoms with Gasteiger partial charge in [-0.15, -0.1) is 0 Å². The lowest BCUT2D eigenvalue weighted by molar-refractivity contribution is -0.138. The molecule has 0 spiro atoms. The lowest BCUT2D eigenvalue weighted by atomic mass is 9.96. The highest BCUT2D eigenvalue weighted by molar-refractivity contribution is 5.79. The highest BCUT2D eigenvalue weighted by Crippen LogP contribution is 2.27. The average molecular weight is 227 g/mol. The molecule has 1 aliphatic rings. The molecule has 1 rings (SSSR count). The van der Waals surface area contributed by atoms with Gasteiger partial charge in [-0.2, -0.15) is 0 Å². The molecule has 0 N–H and O–H groups in total. The maximum absolute atomic E-state index is 12.1. The molecule has 0 aromatic heterocycles. The SMILES string of the molecule is CC.CC(C)C(C)C(=O)N1C(C)CCC1C. The maximum atomic E-state index is 12.1. The number of hydrogen-bond donors (Lipinski definition) is 0. The minimum Gasteiger partial charge on any atom is -0.337 e. The molecule has 96 valence electrons. The zero-order valence-corrected chi connectivity index (χ0v) is 12.1. The molecule has 1 heterocycles. The Morgan fingerprint density at radius 1 is 1.06 bits per heavy atom. The molecule has 1 fully saturated rings. The van der Waals surface area contributed by atoms with Crippen LogP contribution in [0.1, 0.15) is 61.3 Å². The first-order valence-electron chi connectivity index (χ1n) is 6.77. The quantitative estimate of drug-likeness (QED) is 0.704. The van der Waals surface area contributed by atoms with Gasteiger partial charge in [-0.25, -0.2) is 0 Å². The van der Waals surface area contributed by atoms with E-state index in [0.717, 1.165) is 12.8 Å². The van der Waals surface area contributed by atoms with Crippen LogP contribution in [0.15, 0.2) is 0 Å². The van der Waals surface area contributed by atoms with Crippen molar-refractivity contribution in [2.24, 2.45) is 11.8 Å². The lowest BCUT2D eigenvalue weighted by Crippen LogP contribution is -2.42. The minimum atomic E-state index is 0.165. The van der Waals surface area contributed by atoms with E-state index in [1.807, 2.05) is 20.8 Å². The largest absolute Gasteiger partial charge is 0.337 e. The van der Waals surface area contributed by atoms with E-state index in [0.29, 0.717) is 23.9 Å². The van der Waals surface area contributed by atoms with Crippen molar-refractivity contribution in [1.29, 1.82) is 0 Å². The van der Waals surface area contributed by atoms with Crippen molar-refractivity contribution < 1.29 is 4.79 Å². The first-order valence-corrected chi connectivity index (χ1v) is 6.77. The van der Waals surface area contributed by atoms with Crippen LogP contribution in [0, 0.1) is 11.8 Å². The Morgan fingerprint density at radius 3 is 1.75 bits per heavy atom. The fraction of sp³-hybridized carbons (Fsp3) is 0.929. The second kappa shape index (κ2) is 6.93. The second-order valence-corrected chi connectivity index (χ2v) is 5.05. The van der Waals surface area contributed by atoms with Crippen LogP contribution < -0.4 is 0 Å². The van der Waals surface area contributed by atoms with Gasteiger partial charge in [0.1, 0.15) is 0 Å². The van der Waals surface area contributed by atoms with Crippen molar-refractivity contribution in [3.63, 3.8) is 0 Å². The molecular weight excluding hydrogens is 198 g/mol. The molecule has 0 aromatic rings. The summed E-state index contributed by atoms with van der Waals surface area (Å²) in [6.07, 6.45) is 2.33. The van der Waals surface area contributed by atoms with E-state index in [1.54, 1.807) is 0 Å². The Bertz CT molecular complexity index is 203. The molecule has 3 atom stereocenters. The third-order valence-corrected chi connectivity index (χ3v) is 3.60. The smallest absolute Gasteiger partial charge is 0.226 e. The van der Waals surface area contributed by atoms with Crippen LogP contribution in [0.2, 0.25) is 0 Å². The van der Waals surface area contributed by atoms with Crippen LogP contribution in [0.3, 0.4) is 0 Å². The number of carbonyl (C=O) groups is 1. The molecule has 0 aromatic carbocycles. The number of rotatable bonds is 2. The maximum Gasteiger partial charge on any atom is 0.226 e. The van der Waals surface area contributed by atoms with Crippen LogP contribution in [0.4, 0.5) is 0 Å². The molecule has 1 saturated heterocycles. The van der Waals surface area contributed by atoms with Gasteiger partial charge in [-0.05, 0) is 32.6 Å². The monoisotopic (exact) mass is 227 g/mol. The van der Waals surface area contributed by atoms with Gasteiger partial charge in [0.15, 0.2) is 0 Å². The molecule has 2 nitrogen and oxygen atoms in total. The van der Waals surface area contributed by atoms with Gasteiger partial charge in [0.2, 0.25) is 5.91 Å². The highest BCUT2D eigenvalue weighted by Gasteiger charge is 2.34. The van der Waals surface area contributed by atoms with Crippen molar-refractivity contribution in [3.05, 3.63) is 0 Å². The van der Waals surface area contributed by atoms with Crippen LogP contribution in [-0.4, -0.2) is 22.9 Å². The summed E-state index contributed by atoms with van der Waals surface area (Å²) in [5.74, 6) is 0.956. The first kappa shape index (κ1) is 15.5. The van der Waals surface area contributed by atoms with Crippen LogP contribution in [0.25, 0.3) is 0 Å². The summed E-state index contributed by atoms with van der Waals surface area (Å²) < 4.78 is 0. The van der Waals surface area contributed by atoms with E-state index in [2.05, 4.69) is 32.6 Å². The van der Waals surface area contributed by atoms with E-state index < -0.39 is 0 Å². The van der Waals surface area contributed by atoms with E-state index in [9.17, 15) is 4.79 Å². The van der Waals surface area contributed by atoms with Gasteiger partial charge in [0.05, 0.1) is 0 Å². The average Bonchev–Trinajstić information content (AvgIpc) is 2.59. The van der Waals surface area contributed by atoms with Crippen LogP contribution in [0.5, 0.6) is 0 Å². The fourth-order valence-corrected chi connectivity index (χ4v) is 2.15. The van der Waals surface area contributed by atoms with Gasteiger partial charge in [0.25, 0.3) is 0 Å². The molecule has 1 aliphatic heterocycles. The number of nitrogens with zero attached hydrogens (tertiary/aromatic N) is 1. The zero-order valence-electron chi connectivity index (χ0n) is 12.1. The fourth-order valence-electron chi connectivity index (χ4n) is 2.15. The molecule has 1 amide bonds. The Hall–Kier alpha value is -0.530. The molecular formula is C14H29NO. The third kappa shape index (κ3) is 3.50. The van der Waals surface area contributed by atoms with Crippen LogP contribution >= 0.6 is 0 Å². The number of likely N-dealkylation sites (tertiary alicyclic amines) is 1.